The molecule has 4 heteroatoms. The molecule has 0 saturated heterocycles. The van der Waals surface area contributed by atoms with Gasteiger partial charge in [-0.15, -0.1) is 0 Å². The summed E-state index contributed by atoms with van der Waals surface area (Å²) in [5, 5.41) is 19.2. The minimum absolute atomic E-state index is 0.469. The molecule has 2 N–H and O–H groups in total. The van der Waals surface area contributed by atoms with E-state index in [1.807, 2.05) is 19.1 Å². The molecule has 2 atom stereocenters. The molecular formula is C14H20O4. The van der Waals surface area contributed by atoms with Gasteiger partial charge < -0.3 is 14.9 Å². The molecule has 18 heavy (non-hydrogen) atoms. The van der Waals surface area contributed by atoms with Crippen LogP contribution in [0.4, 0.5) is 0 Å². The molecule has 100 valence electrons. The maximum absolute atomic E-state index is 11.1. The summed E-state index contributed by atoms with van der Waals surface area (Å²) in [5.41, 5.74) is 1.63. The second kappa shape index (κ2) is 7.13. The lowest BCUT2D eigenvalue weighted by atomic mass is 9.91. The van der Waals surface area contributed by atoms with E-state index in [9.17, 15) is 9.90 Å². The lowest BCUT2D eigenvalue weighted by molar-refractivity contribution is -0.146. The van der Waals surface area contributed by atoms with Gasteiger partial charge in [-0.05, 0) is 17.5 Å². The Kier molecular flexibility index (Phi) is 5.82. The predicted molar refractivity (Wildman–Crippen MR) is 68.1 cm³/mol. The molecule has 1 aromatic carbocycles. The van der Waals surface area contributed by atoms with Crippen LogP contribution in [0.25, 0.3) is 0 Å². The van der Waals surface area contributed by atoms with Crippen molar-refractivity contribution in [3.05, 3.63) is 35.4 Å². The number of ether oxygens (including phenoxy) is 1. The molecule has 0 spiro atoms. The Morgan fingerprint density at radius 2 is 1.94 bits per heavy atom. The van der Waals surface area contributed by atoms with Crippen molar-refractivity contribution in [3.8, 4) is 0 Å². The first kappa shape index (κ1) is 14.7. The van der Waals surface area contributed by atoms with Crippen LogP contribution < -0.4 is 0 Å². The van der Waals surface area contributed by atoms with Gasteiger partial charge in [-0.25, -0.2) is 0 Å². The second-order valence-corrected chi connectivity index (χ2v) is 4.35. The van der Waals surface area contributed by atoms with Crippen molar-refractivity contribution in [1.82, 2.24) is 0 Å². The number of rotatable bonds is 7. The highest BCUT2D eigenvalue weighted by atomic mass is 16.5. The van der Waals surface area contributed by atoms with Crippen LogP contribution >= 0.6 is 0 Å². The van der Waals surface area contributed by atoms with E-state index in [1.54, 1.807) is 19.2 Å². The summed E-state index contributed by atoms with van der Waals surface area (Å²) in [6.07, 6.45) is 0.241. The molecule has 1 rings (SSSR count). The van der Waals surface area contributed by atoms with E-state index in [-0.39, 0.29) is 0 Å². The molecule has 0 fully saturated rings. The fourth-order valence-electron chi connectivity index (χ4n) is 1.94. The van der Waals surface area contributed by atoms with Crippen LogP contribution in [-0.2, 0) is 16.1 Å². The van der Waals surface area contributed by atoms with Crippen molar-refractivity contribution in [1.29, 1.82) is 0 Å². The van der Waals surface area contributed by atoms with Crippen molar-refractivity contribution < 1.29 is 19.7 Å². The van der Waals surface area contributed by atoms with Crippen molar-refractivity contribution in [2.24, 2.45) is 5.92 Å². The maximum atomic E-state index is 11.1. The van der Waals surface area contributed by atoms with Gasteiger partial charge in [0.05, 0.1) is 18.6 Å². The highest BCUT2D eigenvalue weighted by Gasteiger charge is 2.26. The normalized spacial score (nSPS) is 14.2. The summed E-state index contributed by atoms with van der Waals surface area (Å²) in [5.74, 6) is -1.70. The number of benzene rings is 1. The number of aliphatic hydroxyl groups is 1. The summed E-state index contributed by atoms with van der Waals surface area (Å²) < 4.78 is 5.00. The first-order valence-corrected chi connectivity index (χ1v) is 6.08. The van der Waals surface area contributed by atoms with Gasteiger partial charge in [0.15, 0.2) is 0 Å². The van der Waals surface area contributed by atoms with Gasteiger partial charge in [0.1, 0.15) is 0 Å². The first-order chi connectivity index (χ1) is 8.60. The van der Waals surface area contributed by atoms with Gasteiger partial charge in [0, 0.05) is 7.11 Å². The molecule has 1 aromatic rings. The first-order valence-electron chi connectivity index (χ1n) is 6.08. The van der Waals surface area contributed by atoms with Crippen LogP contribution in [0, 0.1) is 5.92 Å². The Balaban J connectivity index is 2.81. The minimum Gasteiger partial charge on any atom is -0.481 e. The molecule has 0 aromatic heterocycles. The lowest BCUT2D eigenvalue weighted by Crippen LogP contribution is -2.21. The molecule has 0 aliphatic rings. The van der Waals surface area contributed by atoms with E-state index < -0.39 is 18.0 Å². The van der Waals surface area contributed by atoms with E-state index in [1.165, 1.54) is 0 Å². The van der Waals surface area contributed by atoms with Crippen LogP contribution in [0.15, 0.2) is 24.3 Å². The SMILES string of the molecule is CCCC(C(=O)O)C(O)c1ccc(COC)cc1. The monoisotopic (exact) mass is 252 g/mol. The van der Waals surface area contributed by atoms with E-state index in [0.717, 1.165) is 12.0 Å². The number of carboxylic acid groups (broad SMARTS) is 1. The third-order valence-electron chi connectivity index (χ3n) is 2.93. The molecule has 0 saturated carbocycles. The van der Waals surface area contributed by atoms with Crippen LogP contribution in [-0.4, -0.2) is 23.3 Å². The topological polar surface area (TPSA) is 66.8 Å². The molecule has 2 unspecified atom stereocenters. The van der Waals surface area contributed by atoms with Crippen LogP contribution in [0.2, 0.25) is 0 Å². The number of hydrogen-bond donors (Lipinski definition) is 2. The summed E-state index contributed by atoms with van der Waals surface area (Å²) in [6, 6.07) is 7.19. The highest BCUT2D eigenvalue weighted by Crippen LogP contribution is 2.26. The van der Waals surface area contributed by atoms with E-state index in [4.69, 9.17) is 9.84 Å². The Hall–Kier alpha value is -1.39. The van der Waals surface area contributed by atoms with Crippen molar-refractivity contribution in [2.75, 3.05) is 7.11 Å². The smallest absolute Gasteiger partial charge is 0.309 e. The number of carbonyl (C=O) groups is 1. The predicted octanol–water partition coefficient (Wildman–Crippen LogP) is 2.37. The molecule has 0 radical (unpaired) electrons. The summed E-state index contributed by atoms with van der Waals surface area (Å²) >= 11 is 0. The quantitative estimate of drug-likeness (QED) is 0.781. The molecule has 0 heterocycles. The third-order valence-corrected chi connectivity index (χ3v) is 2.93. The van der Waals surface area contributed by atoms with Gasteiger partial charge in [0.2, 0.25) is 0 Å². The lowest BCUT2D eigenvalue weighted by Gasteiger charge is -2.19. The van der Waals surface area contributed by atoms with E-state index in [2.05, 4.69) is 0 Å². The average Bonchev–Trinajstić information content (AvgIpc) is 2.36. The van der Waals surface area contributed by atoms with Crippen LogP contribution in [0.1, 0.15) is 37.0 Å². The molecule has 0 aliphatic carbocycles. The second-order valence-electron chi connectivity index (χ2n) is 4.35. The van der Waals surface area contributed by atoms with Crippen LogP contribution in [0.5, 0.6) is 0 Å². The van der Waals surface area contributed by atoms with Gasteiger partial charge in [-0.3, -0.25) is 4.79 Å². The molecule has 0 aliphatic heterocycles. The largest absolute Gasteiger partial charge is 0.481 e. The van der Waals surface area contributed by atoms with Gasteiger partial charge in [-0.2, -0.15) is 0 Å². The average molecular weight is 252 g/mol. The minimum atomic E-state index is -0.959. The number of methoxy groups -OCH3 is 1. The number of aliphatic carboxylic acids is 1. The van der Waals surface area contributed by atoms with E-state index >= 15 is 0 Å². The summed E-state index contributed by atoms with van der Waals surface area (Å²) in [6.45, 7) is 2.41. The molecule has 4 nitrogen and oxygen atoms in total. The Labute approximate surface area is 107 Å². The van der Waals surface area contributed by atoms with E-state index in [0.29, 0.717) is 18.6 Å². The van der Waals surface area contributed by atoms with Gasteiger partial charge in [0.25, 0.3) is 0 Å². The van der Waals surface area contributed by atoms with Gasteiger partial charge in [-0.1, -0.05) is 37.6 Å². The zero-order chi connectivity index (χ0) is 13.5. The Morgan fingerprint density at radius 3 is 2.39 bits per heavy atom. The van der Waals surface area contributed by atoms with Crippen molar-refractivity contribution in [2.45, 2.75) is 32.5 Å². The number of hydrogen-bond acceptors (Lipinski definition) is 3. The Morgan fingerprint density at radius 1 is 1.33 bits per heavy atom. The van der Waals surface area contributed by atoms with Crippen molar-refractivity contribution >= 4 is 5.97 Å². The van der Waals surface area contributed by atoms with Gasteiger partial charge >= 0.3 is 5.97 Å². The molecular weight excluding hydrogens is 232 g/mol. The number of carboxylic acids is 1. The fraction of sp³-hybridized carbons (Fsp3) is 0.500. The molecule has 0 amide bonds. The standard InChI is InChI=1S/C14H20O4/c1-3-4-12(14(16)17)13(15)11-7-5-10(6-8-11)9-18-2/h5-8,12-13,15H,3-4,9H2,1-2H3,(H,16,17). The van der Waals surface area contributed by atoms with Crippen LogP contribution in [0.3, 0.4) is 0 Å². The molecule has 0 bridgehead atoms. The zero-order valence-corrected chi connectivity index (χ0v) is 10.8. The maximum Gasteiger partial charge on any atom is 0.309 e. The third kappa shape index (κ3) is 3.82. The number of aliphatic hydroxyl groups excluding tert-OH is 1. The Bertz CT molecular complexity index is 372. The fourth-order valence-corrected chi connectivity index (χ4v) is 1.94. The highest BCUT2D eigenvalue weighted by molar-refractivity contribution is 5.71. The van der Waals surface area contributed by atoms with Crippen molar-refractivity contribution in [3.63, 3.8) is 0 Å². The zero-order valence-electron chi connectivity index (χ0n) is 10.8. The summed E-state index contributed by atoms with van der Waals surface area (Å²) in [4.78, 5) is 11.1. The summed E-state index contributed by atoms with van der Waals surface area (Å²) in [7, 11) is 1.62.